The Balaban J connectivity index is 1.67. The second-order valence-corrected chi connectivity index (χ2v) is 13.4. The number of likely N-dealkylation sites (N-methyl/N-ethyl adjacent to an activating group) is 1. The van der Waals surface area contributed by atoms with Gasteiger partial charge in [-0.15, -0.1) is 0 Å². The lowest BCUT2D eigenvalue weighted by molar-refractivity contribution is -0.144. The van der Waals surface area contributed by atoms with E-state index >= 15 is 0 Å². The predicted octanol–water partition coefficient (Wildman–Crippen LogP) is 3.38. The number of ether oxygens (including phenoxy) is 2. The fourth-order valence-electron chi connectivity index (χ4n) is 6.29. The molecule has 6 atom stereocenters. The maximum absolute atomic E-state index is 14.4. The molecule has 11 heteroatoms. The Hall–Kier alpha value is -4.38. The standard InChI is InChI=1S/C37H51N5O6/c1-8-24(4)32-35(44)38-18-16-26-22-27(14-15-30(26)47-7)48-31-17-19-42(33(31)36(45)40-32)37(46)28(20-23(2)3)39-34(43)29(41(5)6)21-25-12-10-9-11-13-25/h9-16,18,22-24,28-29,31-33H,8,17,19-21H2,1-7H3,(H,38,44)(H,39,43)(H,40,45)/t24-,28-,29-,31+,32-,33-/m0/s1. The Morgan fingerprint density at radius 1 is 1.08 bits per heavy atom. The molecule has 260 valence electrons. The van der Waals surface area contributed by atoms with Crippen molar-refractivity contribution in [3.63, 3.8) is 0 Å². The van der Waals surface area contributed by atoms with Crippen LogP contribution in [-0.2, 0) is 25.6 Å². The summed E-state index contributed by atoms with van der Waals surface area (Å²) in [5.74, 6) is -0.480. The van der Waals surface area contributed by atoms with Crippen molar-refractivity contribution in [2.45, 2.75) is 83.6 Å². The van der Waals surface area contributed by atoms with Crippen LogP contribution in [0.15, 0.2) is 54.7 Å². The van der Waals surface area contributed by atoms with Crippen LogP contribution < -0.4 is 25.4 Å². The lowest BCUT2D eigenvalue weighted by Gasteiger charge is -2.33. The molecule has 2 aromatic carbocycles. The minimum absolute atomic E-state index is 0.0819. The Morgan fingerprint density at radius 2 is 1.81 bits per heavy atom. The molecule has 0 spiro atoms. The highest BCUT2D eigenvalue weighted by atomic mass is 16.5. The molecule has 2 heterocycles. The molecule has 1 fully saturated rings. The largest absolute Gasteiger partial charge is 0.496 e. The topological polar surface area (TPSA) is 129 Å². The van der Waals surface area contributed by atoms with Crippen molar-refractivity contribution in [2.24, 2.45) is 11.8 Å². The van der Waals surface area contributed by atoms with Crippen molar-refractivity contribution in [1.82, 2.24) is 25.8 Å². The zero-order chi connectivity index (χ0) is 35.0. The summed E-state index contributed by atoms with van der Waals surface area (Å²) in [5.41, 5.74) is 1.69. The number of benzene rings is 2. The number of rotatable bonds is 11. The number of carbonyl (C=O) groups is 4. The third-order valence-corrected chi connectivity index (χ3v) is 9.18. The molecular formula is C37H51N5O6. The Morgan fingerprint density at radius 3 is 2.46 bits per heavy atom. The van der Waals surface area contributed by atoms with Gasteiger partial charge in [0.1, 0.15) is 35.7 Å². The van der Waals surface area contributed by atoms with Crippen molar-refractivity contribution < 1.29 is 28.7 Å². The number of hydrogen-bond donors (Lipinski definition) is 3. The first kappa shape index (κ1) is 36.5. The quantitative estimate of drug-likeness (QED) is 0.337. The minimum atomic E-state index is -1.03. The van der Waals surface area contributed by atoms with Gasteiger partial charge in [-0.1, -0.05) is 64.4 Å². The van der Waals surface area contributed by atoms with E-state index in [1.807, 2.05) is 77.0 Å². The van der Waals surface area contributed by atoms with Crippen LogP contribution in [-0.4, -0.2) is 91.4 Å². The molecule has 2 aliphatic rings. The van der Waals surface area contributed by atoms with Gasteiger partial charge in [-0.2, -0.15) is 0 Å². The molecule has 2 aromatic rings. The first-order valence-corrected chi connectivity index (χ1v) is 16.9. The van der Waals surface area contributed by atoms with E-state index in [0.717, 1.165) is 5.56 Å². The fourth-order valence-corrected chi connectivity index (χ4v) is 6.29. The number of methoxy groups -OCH3 is 1. The van der Waals surface area contributed by atoms with Crippen LogP contribution in [0.4, 0.5) is 0 Å². The smallest absolute Gasteiger partial charge is 0.247 e. The van der Waals surface area contributed by atoms with Gasteiger partial charge in [-0.05, 0) is 68.6 Å². The highest BCUT2D eigenvalue weighted by Crippen LogP contribution is 2.30. The molecule has 0 unspecified atom stereocenters. The molecule has 11 nitrogen and oxygen atoms in total. The van der Waals surface area contributed by atoms with E-state index in [9.17, 15) is 19.2 Å². The van der Waals surface area contributed by atoms with Gasteiger partial charge >= 0.3 is 0 Å². The summed E-state index contributed by atoms with van der Waals surface area (Å²) in [4.78, 5) is 59.2. The number of nitrogens with one attached hydrogen (secondary N) is 3. The molecule has 48 heavy (non-hydrogen) atoms. The van der Waals surface area contributed by atoms with Crippen LogP contribution in [0.25, 0.3) is 6.08 Å². The third-order valence-electron chi connectivity index (χ3n) is 9.18. The number of amides is 4. The maximum atomic E-state index is 14.4. The number of hydrogen-bond acceptors (Lipinski definition) is 7. The van der Waals surface area contributed by atoms with E-state index in [1.165, 1.54) is 11.1 Å². The van der Waals surface area contributed by atoms with Crippen LogP contribution in [0.2, 0.25) is 0 Å². The van der Waals surface area contributed by atoms with Gasteiger partial charge in [0.25, 0.3) is 0 Å². The van der Waals surface area contributed by atoms with Gasteiger partial charge in [0.2, 0.25) is 23.6 Å². The molecule has 0 saturated carbocycles. The van der Waals surface area contributed by atoms with Gasteiger partial charge in [0.05, 0.1) is 13.2 Å². The lowest BCUT2D eigenvalue weighted by Crippen LogP contribution is -2.60. The van der Waals surface area contributed by atoms with Crippen LogP contribution >= 0.6 is 0 Å². The van der Waals surface area contributed by atoms with E-state index in [0.29, 0.717) is 42.7 Å². The molecule has 1 saturated heterocycles. The van der Waals surface area contributed by atoms with E-state index < -0.39 is 36.2 Å². The van der Waals surface area contributed by atoms with Gasteiger partial charge in [-0.25, -0.2) is 0 Å². The van der Waals surface area contributed by atoms with Crippen LogP contribution in [0.1, 0.15) is 58.1 Å². The first-order valence-electron chi connectivity index (χ1n) is 16.9. The Bertz CT molecular complexity index is 1460. The molecule has 0 aromatic heterocycles. The normalized spacial score (nSPS) is 21.4. The van der Waals surface area contributed by atoms with Crippen molar-refractivity contribution in [3.05, 3.63) is 65.9 Å². The second kappa shape index (κ2) is 16.6. The number of carbonyl (C=O) groups excluding carboxylic acids is 4. The highest BCUT2D eigenvalue weighted by molar-refractivity contribution is 5.96. The summed E-state index contributed by atoms with van der Waals surface area (Å²) >= 11 is 0. The molecule has 0 aliphatic carbocycles. The average Bonchev–Trinajstić information content (AvgIpc) is 3.48. The van der Waals surface area contributed by atoms with Gasteiger partial charge < -0.3 is 30.3 Å². The Labute approximate surface area is 284 Å². The SMILES string of the molecule is CC[C@H](C)[C@@H]1NC(=O)[C@@H]2[C@@H](CCN2C(=O)[C@H](CC(C)C)NC(=O)[C@H](Cc2ccccc2)N(C)C)Oc2ccc(OC)c(c2)C=CNC1=O. The van der Waals surface area contributed by atoms with Crippen molar-refractivity contribution in [3.8, 4) is 11.5 Å². The summed E-state index contributed by atoms with van der Waals surface area (Å²) in [6, 6.07) is 11.8. The summed E-state index contributed by atoms with van der Waals surface area (Å²) in [7, 11) is 5.25. The summed E-state index contributed by atoms with van der Waals surface area (Å²) < 4.78 is 11.9. The first-order chi connectivity index (χ1) is 22.9. The molecule has 2 bridgehead atoms. The van der Waals surface area contributed by atoms with Crippen LogP contribution in [0.3, 0.4) is 0 Å². The Kier molecular flexibility index (Phi) is 12.6. The molecule has 3 N–H and O–H groups in total. The average molecular weight is 662 g/mol. The summed E-state index contributed by atoms with van der Waals surface area (Å²) in [6.07, 6.45) is 4.45. The van der Waals surface area contributed by atoms with Crippen LogP contribution in [0, 0.1) is 11.8 Å². The van der Waals surface area contributed by atoms with Crippen LogP contribution in [0.5, 0.6) is 11.5 Å². The van der Waals surface area contributed by atoms with Crippen molar-refractivity contribution in [2.75, 3.05) is 27.7 Å². The lowest BCUT2D eigenvalue weighted by atomic mass is 9.97. The molecular weight excluding hydrogens is 610 g/mol. The maximum Gasteiger partial charge on any atom is 0.247 e. The zero-order valence-corrected chi connectivity index (χ0v) is 29.2. The van der Waals surface area contributed by atoms with Gasteiger partial charge in [-0.3, -0.25) is 24.1 Å². The molecule has 0 radical (unpaired) electrons. The van der Waals surface area contributed by atoms with Crippen molar-refractivity contribution in [1.29, 1.82) is 0 Å². The molecule has 4 rings (SSSR count). The van der Waals surface area contributed by atoms with Gasteiger partial charge in [0, 0.05) is 24.7 Å². The number of likely N-dealkylation sites (tertiary alicyclic amines) is 1. The van der Waals surface area contributed by atoms with E-state index in [-0.39, 0.29) is 36.1 Å². The third kappa shape index (κ3) is 8.94. The van der Waals surface area contributed by atoms with E-state index in [2.05, 4.69) is 16.0 Å². The second-order valence-electron chi connectivity index (χ2n) is 13.4. The zero-order valence-electron chi connectivity index (χ0n) is 29.2. The fraction of sp³-hybridized carbons (Fsp3) is 0.514. The molecule has 4 amide bonds. The van der Waals surface area contributed by atoms with Gasteiger partial charge in [0.15, 0.2) is 0 Å². The number of nitrogens with zero attached hydrogens (tertiary/aromatic N) is 2. The minimum Gasteiger partial charge on any atom is -0.496 e. The van der Waals surface area contributed by atoms with E-state index in [1.54, 1.807) is 31.4 Å². The summed E-state index contributed by atoms with van der Waals surface area (Å²) in [6.45, 7) is 8.08. The highest BCUT2D eigenvalue weighted by Gasteiger charge is 2.46. The monoisotopic (exact) mass is 661 g/mol. The number of fused-ring (bicyclic) bond motifs is 3. The predicted molar refractivity (Wildman–Crippen MR) is 185 cm³/mol. The molecule has 2 aliphatic heterocycles. The van der Waals surface area contributed by atoms with Crippen molar-refractivity contribution >= 4 is 29.7 Å². The summed E-state index contributed by atoms with van der Waals surface area (Å²) in [5, 5.41) is 8.79. The van der Waals surface area contributed by atoms with E-state index in [4.69, 9.17) is 9.47 Å².